The zero-order chi connectivity index (χ0) is 22.1. The fraction of sp³-hybridized carbons (Fsp3) is 0.429. The van der Waals surface area contributed by atoms with E-state index in [9.17, 15) is 8.78 Å². The average molecular weight is 425 g/mol. The molecule has 0 amide bonds. The van der Waals surface area contributed by atoms with Gasteiger partial charge >= 0.3 is 6.11 Å². The van der Waals surface area contributed by atoms with Gasteiger partial charge in [-0.1, -0.05) is 62.3 Å². The Bertz CT molecular complexity index is 828. The van der Waals surface area contributed by atoms with Crippen molar-refractivity contribution >= 4 is 6.08 Å². The molecule has 3 heteroatoms. The minimum absolute atomic E-state index is 0.107. The third-order valence-electron chi connectivity index (χ3n) is 6.24. The second kappa shape index (κ2) is 11.3. The zero-order valence-corrected chi connectivity index (χ0v) is 18.5. The van der Waals surface area contributed by atoms with Crippen LogP contribution in [0.3, 0.4) is 0 Å². The smallest absolute Gasteiger partial charge is 0.426 e. The molecule has 2 aromatic rings. The highest BCUT2D eigenvalue weighted by Gasteiger charge is 2.34. The van der Waals surface area contributed by atoms with Crippen molar-refractivity contribution in [2.24, 2.45) is 5.92 Å². The van der Waals surface area contributed by atoms with Gasteiger partial charge in [-0.2, -0.15) is 8.78 Å². The SMILES string of the molecule is C=CCCC=Cc1ccc(OC(F)(F)c2ccc(C3CCC(CCC)CC3)cc2)cc1. The van der Waals surface area contributed by atoms with Crippen LogP contribution in [-0.4, -0.2) is 0 Å². The third-order valence-corrected chi connectivity index (χ3v) is 6.24. The van der Waals surface area contributed by atoms with Crippen molar-refractivity contribution in [3.05, 3.63) is 84.0 Å². The van der Waals surface area contributed by atoms with Gasteiger partial charge in [0, 0.05) is 0 Å². The van der Waals surface area contributed by atoms with Crippen LogP contribution >= 0.6 is 0 Å². The van der Waals surface area contributed by atoms with Crippen molar-refractivity contribution in [2.45, 2.75) is 70.3 Å². The highest BCUT2D eigenvalue weighted by atomic mass is 19.3. The first-order chi connectivity index (χ1) is 15.0. The Hall–Kier alpha value is -2.42. The zero-order valence-electron chi connectivity index (χ0n) is 18.5. The summed E-state index contributed by atoms with van der Waals surface area (Å²) in [6, 6.07) is 13.5. The Kier molecular flexibility index (Phi) is 8.45. The number of alkyl halides is 2. The van der Waals surface area contributed by atoms with Gasteiger partial charge in [-0.15, -0.1) is 6.58 Å². The number of hydrogen-bond acceptors (Lipinski definition) is 1. The molecule has 0 bridgehead atoms. The number of ether oxygens (including phenoxy) is 1. The van der Waals surface area contributed by atoms with Crippen LogP contribution in [0.4, 0.5) is 8.78 Å². The molecule has 1 saturated carbocycles. The fourth-order valence-corrected chi connectivity index (χ4v) is 4.43. The summed E-state index contributed by atoms with van der Waals surface area (Å²) in [5.41, 5.74) is 2.02. The molecule has 0 radical (unpaired) electrons. The first-order valence-corrected chi connectivity index (χ1v) is 11.6. The summed E-state index contributed by atoms with van der Waals surface area (Å²) in [5.74, 6) is 1.49. The summed E-state index contributed by atoms with van der Waals surface area (Å²) in [6.07, 6.45) is 11.7. The van der Waals surface area contributed by atoms with Crippen LogP contribution in [-0.2, 0) is 6.11 Å². The summed E-state index contributed by atoms with van der Waals surface area (Å²) < 4.78 is 34.4. The van der Waals surface area contributed by atoms with Crippen molar-refractivity contribution in [3.63, 3.8) is 0 Å². The normalized spacial score (nSPS) is 19.5. The summed E-state index contributed by atoms with van der Waals surface area (Å²) in [4.78, 5) is 0. The van der Waals surface area contributed by atoms with E-state index >= 15 is 0 Å². The van der Waals surface area contributed by atoms with E-state index in [0.717, 1.165) is 37.2 Å². The summed E-state index contributed by atoms with van der Waals surface area (Å²) in [6.45, 7) is 5.93. The summed E-state index contributed by atoms with van der Waals surface area (Å²) >= 11 is 0. The van der Waals surface area contributed by atoms with Gasteiger partial charge in [-0.25, -0.2) is 0 Å². The van der Waals surface area contributed by atoms with Gasteiger partial charge in [0.05, 0.1) is 5.56 Å². The lowest BCUT2D eigenvalue weighted by molar-refractivity contribution is -0.185. The molecular formula is C28H34F2O. The number of rotatable bonds is 10. The monoisotopic (exact) mass is 424 g/mol. The number of halogens is 2. The Balaban J connectivity index is 1.58. The quantitative estimate of drug-likeness (QED) is 0.273. The maximum absolute atomic E-state index is 14.7. The maximum Gasteiger partial charge on any atom is 0.426 e. The van der Waals surface area contributed by atoms with E-state index in [0.29, 0.717) is 5.92 Å². The molecule has 1 fully saturated rings. The standard InChI is InChI=1S/C28H34F2O/c1-3-5-6-7-9-23-12-20-27(21-13-23)31-28(29,30)26-18-16-25(17-19-26)24-14-10-22(8-4-2)11-15-24/h3,7,9,12-13,16-22,24H,1,4-6,8,10-11,14-15H2,2H3. The predicted molar refractivity (Wildman–Crippen MR) is 125 cm³/mol. The maximum atomic E-state index is 14.7. The molecule has 0 aliphatic heterocycles. The van der Waals surface area contributed by atoms with Crippen LogP contribution in [0.15, 0.2) is 67.3 Å². The molecule has 2 aromatic carbocycles. The molecule has 0 aromatic heterocycles. The molecule has 0 heterocycles. The van der Waals surface area contributed by atoms with E-state index in [1.165, 1.54) is 43.4 Å². The molecule has 0 N–H and O–H groups in total. The molecule has 0 atom stereocenters. The molecule has 1 aliphatic rings. The van der Waals surface area contributed by atoms with E-state index in [2.05, 4.69) is 13.5 Å². The van der Waals surface area contributed by atoms with Crippen LogP contribution in [0.5, 0.6) is 5.75 Å². The molecule has 166 valence electrons. The number of hydrogen-bond donors (Lipinski definition) is 0. The average Bonchev–Trinajstić information content (AvgIpc) is 2.78. The Morgan fingerprint density at radius 3 is 2.26 bits per heavy atom. The highest BCUT2D eigenvalue weighted by Crippen LogP contribution is 2.38. The lowest BCUT2D eigenvalue weighted by atomic mass is 9.77. The molecule has 0 saturated heterocycles. The number of unbranched alkanes of at least 4 members (excludes halogenated alkanes) is 1. The largest absolute Gasteiger partial charge is 0.429 e. The van der Waals surface area contributed by atoms with E-state index in [1.54, 1.807) is 24.3 Å². The van der Waals surface area contributed by atoms with Crippen molar-refractivity contribution in [3.8, 4) is 5.75 Å². The lowest BCUT2D eigenvalue weighted by Crippen LogP contribution is -2.22. The van der Waals surface area contributed by atoms with Gasteiger partial charge in [-0.3, -0.25) is 0 Å². The summed E-state index contributed by atoms with van der Waals surface area (Å²) in [5, 5.41) is 0. The predicted octanol–water partition coefficient (Wildman–Crippen LogP) is 8.87. The van der Waals surface area contributed by atoms with Crippen LogP contribution in [0.2, 0.25) is 0 Å². The molecule has 1 nitrogen and oxygen atoms in total. The van der Waals surface area contributed by atoms with E-state index in [1.807, 2.05) is 30.4 Å². The van der Waals surface area contributed by atoms with Gasteiger partial charge < -0.3 is 4.74 Å². The molecule has 0 spiro atoms. The molecule has 3 rings (SSSR count). The van der Waals surface area contributed by atoms with Crippen LogP contribution in [0.25, 0.3) is 6.08 Å². The highest BCUT2D eigenvalue weighted by molar-refractivity contribution is 5.50. The number of benzene rings is 2. The van der Waals surface area contributed by atoms with Crippen molar-refractivity contribution in [1.82, 2.24) is 0 Å². The van der Waals surface area contributed by atoms with Gasteiger partial charge in [0.2, 0.25) is 0 Å². The first kappa shape index (κ1) is 23.2. The second-order valence-corrected chi connectivity index (χ2v) is 8.58. The van der Waals surface area contributed by atoms with Crippen molar-refractivity contribution in [1.29, 1.82) is 0 Å². The van der Waals surface area contributed by atoms with E-state index < -0.39 is 6.11 Å². The minimum Gasteiger partial charge on any atom is -0.429 e. The van der Waals surface area contributed by atoms with Gasteiger partial charge in [0.25, 0.3) is 0 Å². The lowest BCUT2D eigenvalue weighted by Gasteiger charge is -2.29. The molecular weight excluding hydrogens is 390 g/mol. The summed E-state index contributed by atoms with van der Waals surface area (Å²) in [7, 11) is 0. The first-order valence-electron chi connectivity index (χ1n) is 11.6. The minimum atomic E-state index is -3.36. The molecule has 0 unspecified atom stereocenters. The van der Waals surface area contributed by atoms with E-state index in [4.69, 9.17) is 4.74 Å². The van der Waals surface area contributed by atoms with Gasteiger partial charge in [0.1, 0.15) is 5.75 Å². The van der Waals surface area contributed by atoms with Crippen LogP contribution in [0, 0.1) is 5.92 Å². The van der Waals surface area contributed by atoms with Gasteiger partial charge in [0.15, 0.2) is 0 Å². The van der Waals surface area contributed by atoms with Gasteiger partial charge in [-0.05, 0) is 85.8 Å². The molecule has 1 aliphatic carbocycles. The topological polar surface area (TPSA) is 9.23 Å². The Morgan fingerprint density at radius 1 is 0.968 bits per heavy atom. The van der Waals surface area contributed by atoms with Crippen LogP contribution < -0.4 is 4.74 Å². The van der Waals surface area contributed by atoms with Crippen molar-refractivity contribution in [2.75, 3.05) is 0 Å². The Morgan fingerprint density at radius 2 is 1.65 bits per heavy atom. The molecule has 31 heavy (non-hydrogen) atoms. The second-order valence-electron chi connectivity index (χ2n) is 8.58. The van der Waals surface area contributed by atoms with E-state index in [-0.39, 0.29) is 11.3 Å². The Labute approximate surface area is 185 Å². The third kappa shape index (κ3) is 6.78. The van der Waals surface area contributed by atoms with Crippen molar-refractivity contribution < 1.29 is 13.5 Å². The fourth-order valence-electron chi connectivity index (χ4n) is 4.43. The van der Waals surface area contributed by atoms with Crippen LogP contribution in [0.1, 0.15) is 80.9 Å². The number of allylic oxidation sites excluding steroid dienone is 2.